The van der Waals surface area contributed by atoms with Crippen molar-refractivity contribution >= 4 is 28.8 Å². The summed E-state index contributed by atoms with van der Waals surface area (Å²) < 4.78 is 0. The van der Waals surface area contributed by atoms with Gasteiger partial charge in [-0.25, -0.2) is 15.0 Å². The highest BCUT2D eigenvalue weighted by Crippen LogP contribution is 2.47. The summed E-state index contributed by atoms with van der Waals surface area (Å²) in [5.74, 6) is 1.97. The summed E-state index contributed by atoms with van der Waals surface area (Å²) in [4.78, 5) is 15.9. The lowest BCUT2D eigenvalue weighted by atomic mass is 9.96. The Hall–Kier alpha value is -7.01. The Morgan fingerprint density at radius 2 is 0.696 bits per heavy atom. The minimum atomic E-state index is -2.91. The fourth-order valence-electron chi connectivity index (χ4n) is 8.63. The maximum atomic E-state index is 5.40. The molecule has 0 atom stereocenters. The minimum Gasteiger partial charge on any atom is -0.212 e. The van der Waals surface area contributed by atoms with Crippen molar-refractivity contribution in [3.05, 3.63) is 235 Å². The molecule has 0 spiro atoms. The summed E-state index contributed by atoms with van der Waals surface area (Å²) in [7, 11) is -2.91. The zero-order valence-electron chi connectivity index (χ0n) is 30.7. The topological polar surface area (TPSA) is 38.7 Å². The number of rotatable bonds is 8. The molecule has 0 saturated heterocycles. The van der Waals surface area contributed by atoms with E-state index in [9.17, 15) is 0 Å². The first kappa shape index (κ1) is 33.5. The number of hydrogen-bond acceptors (Lipinski definition) is 3. The molecule has 0 fully saturated rings. The molecule has 1 heterocycles. The maximum Gasteiger partial charge on any atom is 0.179 e. The van der Waals surface area contributed by atoms with Gasteiger partial charge in [0.05, 0.1) is 5.92 Å². The summed E-state index contributed by atoms with van der Waals surface area (Å²) in [6, 6.07) is 78.6. The predicted octanol–water partition coefficient (Wildman–Crippen LogP) is 9.41. The predicted molar refractivity (Wildman–Crippen MR) is 233 cm³/mol. The van der Waals surface area contributed by atoms with Crippen LogP contribution in [0.4, 0.5) is 0 Å². The molecule has 1 aliphatic carbocycles. The van der Waals surface area contributed by atoms with E-state index in [-0.39, 0.29) is 5.92 Å². The van der Waals surface area contributed by atoms with Crippen LogP contribution in [0.3, 0.4) is 0 Å². The van der Waals surface area contributed by atoms with E-state index in [2.05, 4.69) is 200 Å². The molecule has 3 nitrogen and oxygen atoms in total. The Balaban J connectivity index is 1.21. The molecular weight excluding hydrogens is 695 g/mol. The van der Waals surface area contributed by atoms with E-state index < -0.39 is 8.07 Å². The third kappa shape index (κ3) is 5.79. The van der Waals surface area contributed by atoms with Gasteiger partial charge in [-0.3, -0.25) is 0 Å². The van der Waals surface area contributed by atoms with Gasteiger partial charge in [-0.05, 0) is 54.1 Å². The quantitative estimate of drug-likeness (QED) is 0.116. The van der Waals surface area contributed by atoms with Crippen LogP contribution >= 0.6 is 0 Å². The van der Waals surface area contributed by atoms with E-state index in [4.69, 9.17) is 15.0 Å². The number of benzene rings is 8. The summed E-state index contributed by atoms with van der Waals surface area (Å²) in [5.41, 5.74) is 9.24. The van der Waals surface area contributed by atoms with Crippen LogP contribution in [0.5, 0.6) is 0 Å². The number of hydrogen-bond donors (Lipinski definition) is 0. The maximum absolute atomic E-state index is 5.40. The van der Waals surface area contributed by atoms with E-state index in [1.165, 1.54) is 54.1 Å². The normalized spacial score (nSPS) is 12.2. The standard InChI is InChI=1S/C52H37N3Si/c1-5-19-37(20-6-1)39-23-17-29-43(35-39)56(41-25-9-3-10-26-41,42-27-11-4-12-28-42)44-30-18-24-40(36-44)51-53-50(38-21-7-2-8-22-38)54-52(55-51)49-47-33-15-13-31-45(47)46-32-14-16-34-48(46)49/h1-36,49H. The highest BCUT2D eigenvalue weighted by atomic mass is 28.3. The number of fused-ring (bicyclic) bond motifs is 3. The van der Waals surface area contributed by atoms with Crippen LogP contribution in [-0.2, 0) is 0 Å². The van der Waals surface area contributed by atoms with Crippen molar-refractivity contribution in [3.63, 3.8) is 0 Å². The van der Waals surface area contributed by atoms with Crippen LogP contribution in [0.25, 0.3) is 45.0 Å². The molecule has 0 saturated carbocycles. The molecule has 0 unspecified atom stereocenters. The van der Waals surface area contributed by atoms with Gasteiger partial charge < -0.3 is 0 Å². The van der Waals surface area contributed by atoms with Gasteiger partial charge in [0.2, 0.25) is 0 Å². The molecule has 264 valence electrons. The molecule has 4 heteroatoms. The monoisotopic (exact) mass is 731 g/mol. The molecule has 10 rings (SSSR count). The van der Waals surface area contributed by atoms with Gasteiger partial charge in [-0.1, -0.05) is 218 Å². The molecule has 1 aromatic heterocycles. The van der Waals surface area contributed by atoms with E-state index in [1.54, 1.807) is 0 Å². The third-order valence-corrected chi connectivity index (χ3v) is 15.9. The lowest BCUT2D eigenvalue weighted by Crippen LogP contribution is -2.74. The van der Waals surface area contributed by atoms with Crippen molar-refractivity contribution in [2.24, 2.45) is 0 Å². The molecule has 0 amide bonds. The fourth-order valence-corrected chi connectivity index (χ4v) is 13.5. The van der Waals surface area contributed by atoms with Gasteiger partial charge in [0.1, 0.15) is 5.82 Å². The third-order valence-electron chi connectivity index (χ3n) is 11.1. The molecule has 9 aromatic rings. The Morgan fingerprint density at radius 1 is 0.304 bits per heavy atom. The second kappa shape index (κ2) is 14.3. The smallest absolute Gasteiger partial charge is 0.179 e. The van der Waals surface area contributed by atoms with Crippen molar-refractivity contribution in [1.29, 1.82) is 0 Å². The highest BCUT2D eigenvalue weighted by molar-refractivity contribution is 7.20. The van der Waals surface area contributed by atoms with Gasteiger partial charge in [0.15, 0.2) is 19.7 Å². The van der Waals surface area contributed by atoms with Crippen molar-refractivity contribution in [1.82, 2.24) is 15.0 Å². The number of aromatic nitrogens is 3. The lowest BCUT2D eigenvalue weighted by molar-refractivity contribution is 0.856. The highest BCUT2D eigenvalue weighted by Gasteiger charge is 2.42. The molecular formula is C52H37N3Si. The second-order valence-corrected chi connectivity index (χ2v) is 18.1. The summed E-state index contributed by atoms with van der Waals surface area (Å²) >= 11 is 0. The van der Waals surface area contributed by atoms with Gasteiger partial charge in [-0.2, -0.15) is 0 Å². The Morgan fingerprint density at radius 3 is 1.25 bits per heavy atom. The van der Waals surface area contributed by atoms with Gasteiger partial charge in [0, 0.05) is 11.1 Å². The van der Waals surface area contributed by atoms with Crippen LogP contribution in [-0.4, -0.2) is 23.0 Å². The van der Waals surface area contributed by atoms with Gasteiger partial charge >= 0.3 is 0 Å². The second-order valence-electron chi connectivity index (χ2n) is 14.3. The molecule has 56 heavy (non-hydrogen) atoms. The van der Waals surface area contributed by atoms with Crippen molar-refractivity contribution in [3.8, 4) is 45.0 Å². The molecule has 0 bridgehead atoms. The summed E-state index contributed by atoms with van der Waals surface area (Å²) in [6.45, 7) is 0. The molecule has 0 radical (unpaired) electrons. The van der Waals surface area contributed by atoms with Gasteiger partial charge in [0.25, 0.3) is 0 Å². The Kier molecular flexibility index (Phi) is 8.58. The summed E-state index contributed by atoms with van der Waals surface area (Å²) in [5, 5.41) is 5.20. The van der Waals surface area contributed by atoms with Crippen molar-refractivity contribution < 1.29 is 0 Å². The fraction of sp³-hybridized carbons (Fsp3) is 0.0192. The van der Waals surface area contributed by atoms with Crippen LogP contribution in [0.2, 0.25) is 0 Å². The SMILES string of the molecule is c1ccc(-c2cccc([Si](c3ccccc3)(c3ccccc3)c3cccc(-c4nc(-c5ccccc5)nc(C5c6ccccc6-c6ccccc65)n4)c3)c2)cc1. The zero-order valence-corrected chi connectivity index (χ0v) is 31.7. The van der Waals surface area contributed by atoms with Crippen LogP contribution in [0.15, 0.2) is 218 Å². The Labute approximate surface area is 328 Å². The molecule has 0 N–H and O–H groups in total. The first-order chi connectivity index (χ1) is 27.8. The van der Waals surface area contributed by atoms with E-state index in [1.807, 2.05) is 18.2 Å². The van der Waals surface area contributed by atoms with Crippen molar-refractivity contribution in [2.45, 2.75) is 5.92 Å². The molecule has 8 aromatic carbocycles. The summed E-state index contributed by atoms with van der Waals surface area (Å²) in [6.07, 6.45) is 0. The first-order valence-corrected chi connectivity index (χ1v) is 21.1. The Bertz CT molecular complexity index is 2720. The minimum absolute atomic E-state index is 0.113. The largest absolute Gasteiger partial charge is 0.212 e. The molecule has 0 aliphatic heterocycles. The first-order valence-electron chi connectivity index (χ1n) is 19.1. The van der Waals surface area contributed by atoms with Crippen LogP contribution in [0, 0.1) is 0 Å². The van der Waals surface area contributed by atoms with E-state index in [0.717, 1.165) is 17.0 Å². The zero-order chi connectivity index (χ0) is 37.3. The number of nitrogens with zero attached hydrogens (tertiary/aromatic N) is 3. The molecule has 1 aliphatic rings. The van der Waals surface area contributed by atoms with Crippen LogP contribution in [0.1, 0.15) is 22.9 Å². The van der Waals surface area contributed by atoms with E-state index in [0.29, 0.717) is 11.6 Å². The van der Waals surface area contributed by atoms with Crippen molar-refractivity contribution in [2.75, 3.05) is 0 Å². The average molecular weight is 732 g/mol. The van der Waals surface area contributed by atoms with Crippen LogP contribution < -0.4 is 20.7 Å². The average Bonchev–Trinajstić information content (AvgIpc) is 3.63. The van der Waals surface area contributed by atoms with E-state index >= 15 is 0 Å². The lowest BCUT2D eigenvalue weighted by Gasteiger charge is -2.35. The van der Waals surface area contributed by atoms with Gasteiger partial charge in [-0.15, -0.1) is 0 Å².